The number of Topliss-reactive ketones (excluding diaryl/α,β-unsaturated/α-hetero) is 1. The summed E-state index contributed by atoms with van der Waals surface area (Å²) in [5.74, 6) is -0.921. The highest BCUT2D eigenvalue weighted by atomic mass is 35.5. The van der Waals surface area contributed by atoms with Crippen LogP contribution < -0.4 is 15.5 Å². The second-order valence-electron chi connectivity index (χ2n) is 9.84. The fourth-order valence-electron chi connectivity index (χ4n) is 5.27. The van der Waals surface area contributed by atoms with Gasteiger partial charge in [0.05, 0.1) is 22.2 Å². The van der Waals surface area contributed by atoms with Gasteiger partial charge in [-0.1, -0.05) is 49.1 Å². The fourth-order valence-corrected chi connectivity index (χ4v) is 5.47. The molecule has 1 saturated carbocycles. The lowest BCUT2D eigenvalue weighted by Gasteiger charge is -2.36. The van der Waals surface area contributed by atoms with Crippen molar-refractivity contribution in [2.24, 2.45) is 0 Å². The van der Waals surface area contributed by atoms with Gasteiger partial charge in [0.15, 0.2) is 11.5 Å². The molecule has 0 bridgehead atoms. The van der Waals surface area contributed by atoms with Gasteiger partial charge in [-0.05, 0) is 37.5 Å². The van der Waals surface area contributed by atoms with Gasteiger partial charge in [-0.25, -0.2) is 0 Å². The summed E-state index contributed by atoms with van der Waals surface area (Å²) in [6.45, 7) is 0.561. The van der Waals surface area contributed by atoms with E-state index >= 15 is 0 Å². The monoisotopic (exact) mass is 538 g/mol. The third kappa shape index (κ3) is 5.08. The van der Waals surface area contributed by atoms with Gasteiger partial charge in [0.1, 0.15) is 16.8 Å². The molecule has 1 aromatic heterocycles. The molecule has 3 aromatic rings. The molecule has 38 heavy (non-hydrogen) atoms. The first-order valence-electron chi connectivity index (χ1n) is 12.6. The van der Waals surface area contributed by atoms with Gasteiger partial charge in [-0.15, -0.1) is 0 Å². The highest BCUT2D eigenvalue weighted by Gasteiger charge is 2.42. The highest BCUT2D eigenvalue weighted by Crippen LogP contribution is 2.39. The van der Waals surface area contributed by atoms with Crippen molar-refractivity contribution in [3.63, 3.8) is 0 Å². The topological polar surface area (TPSA) is 135 Å². The molecular weight excluding hydrogens is 512 g/mol. The molecule has 2 heterocycles. The first-order chi connectivity index (χ1) is 18.3. The Morgan fingerprint density at radius 3 is 2.55 bits per heavy atom. The Morgan fingerprint density at radius 2 is 1.84 bits per heavy atom. The van der Waals surface area contributed by atoms with E-state index in [4.69, 9.17) is 16.0 Å². The molecule has 10 nitrogen and oxygen atoms in total. The van der Waals surface area contributed by atoms with Crippen molar-refractivity contribution in [3.05, 3.63) is 63.4 Å². The van der Waals surface area contributed by atoms with E-state index in [1.54, 1.807) is 23.1 Å². The molecule has 1 aliphatic carbocycles. The molecule has 0 atom stereocenters. The van der Waals surface area contributed by atoms with Crippen LogP contribution in [0.4, 0.5) is 17.1 Å². The van der Waals surface area contributed by atoms with Gasteiger partial charge < -0.3 is 20.0 Å². The number of halogens is 1. The number of benzene rings is 2. The maximum absolute atomic E-state index is 13.7. The molecule has 2 amide bonds. The number of nitro groups is 1. The Balaban J connectivity index is 1.41. The molecule has 0 spiro atoms. The Kier molecular flexibility index (Phi) is 7.07. The van der Waals surface area contributed by atoms with Crippen molar-refractivity contribution in [1.29, 1.82) is 0 Å². The second-order valence-corrected chi connectivity index (χ2v) is 10.2. The van der Waals surface area contributed by atoms with Crippen molar-refractivity contribution in [2.75, 3.05) is 23.3 Å². The number of anilines is 2. The summed E-state index contributed by atoms with van der Waals surface area (Å²) in [4.78, 5) is 51.7. The molecule has 0 unspecified atom stereocenters. The van der Waals surface area contributed by atoms with Gasteiger partial charge in [0.25, 0.3) is 11.6 Å². The number of fused-ring (bicyclic) bond motifs is 1. The Hall–Kier alpha value is -3.92. The highest BCUT2D eigenvalue weighted by molar-refractivity contribution is 6.34. The largest absolute Gasteiger partial charge is 0.451 e. The molecule has 2 fully saturated rings. The Morgan fingerprint density at radius 1 is 1.08 bits per heavy atom. The first-order valence-corrected chi connectivity index (χ1v) is 13.0. The minimum absolute atomic E-state index is 0.00140. The summed E-state index contributed by atoms with van der Waals surface area (Å²) in [5, 5.41) is 18.4. The van der Waals surface area contributed by atoms with Gasteiger partial charge in [0.2, 0.25) is 5.91 Å². The molecule has 0 radical (unpaired) electrons. The molecule has 2 aliphatic rings. The summed E-state index contributed by atoms with van der Waals surface area (Å²) in [5.41, 5.74) is -0.627. The zero-order valence-electron chi connectivity index (χ0n) is 20.6. The number of nitro benzene ring substituents is 1. The van der Waals surface area contributed by atoms with E-state index in [1.807, 2.05) is 12.1 Å². The fraction of sp³-hybridized carbons (Fsp3) is 0.370. The van der Waals surface area contributed by atoms with Crippen molar-refractivity contribution in [1.82, 2.24) is 5.32 Å². The average molecular weight is 539 g/mol. The van der Waals surface area contributed by atoms with Crippen LogP contribution in [0.1, 0.15) is 55.5 Å². The maximum Gasteiger partial charge on any atom is 0.294 e. The molecule has 5 rings (SSSR count). The SMILES string of the molecule is O=C1CCCN(c2cc(Cl)c(NC(=O)C3(NC(=O)c4cc5ccccc5o4)CCCCC3)cc2[N+](=O)[O-])C1. The van der Waals surface area contributed by atoms with Crippen molar-refractivity contribution in [2.45, 2.75) is 50.5 Å². The summed E-state index contributed by atoms with van der Waals surface area (Å²) in [6, 6.07) is 11.5. The Labute approximate surface area is 223 Å². The smallest absolute Gasteiger partial charge is 0.294 e. The zero-order valence-corrected chi connectivity index (χ0v) is 21.4. The summed E-state index contributed by atoms with van der Waals surface area (Å²) in [6.07, 6.45) is 4.21. The number of furan rings is 1. The van der Waals surface area contributed by atoms with E-state index in [0.717, 1.165) is 24.6 Å². The number of hydrogen-bond acceptors (Lipinski definition) is 7. The zero-order chi connectivity index (χ0) is 26.9. The van der Waals surface area contributed by atoms with Crippen LogP contribution in [0.15, 0.2) is 46.9 Å². The average Bonchev–Trinajstić information content (AvgIpc) is 3.35. The molecule has 2 aromatic carbocycles. The van der Waals surface area contributed by atoms with Crippen molar-refractivity contribution < 1.29 is 23.7 Å². The van der Waals surface area contributed by atoms with Gasteiger partial charge >= 0.3 is 0 Å². The number of nitrogens with zero attached hydrogens (tertiary/aromatic N) is 2. The molecule has 198 valence electrons. The quantitative estimate of drug-likeness (QED) is 0.324. The van der Waals surface area contributed by atoms with Gasteiger partial charge in [-0.3, -0.25) is 24.5 Å². The van der Waals surface area contributed by atoms with E-state index in [2.05, 4.69) is 10.6 Å². The molecular formula is C27H27ClN4O6. The van der Waals surface area contributed by atoms with E-state index < -0.39 is 22.3 Å². The number of ketones is 1. The molecule has 1 saturated heterocycles. The minimum Gasteiger partial charge on any atom is -0.451 e. The standard InChI is InChI=1S/C27H27ClN4O6/c28-19-14-21(31-12-6-8-18(33)16-31)22(32(36)37)15-20(19)29-26(35)27(10-4-1-5-11-27)30-25(34)24-13-17-7-2-3-9-23(17)38-24/h2-3,7,9,13-15H,1,4-6,8,10-12,16H2,(H,29,35)(H,30,34). The molecule has 1 aliphatic heterocycles. The number of rotatable bonds is 6. The van der Waals surface area contributed by atoms with Crippen molar-refractivity contribution in [3.8, 4) is 0 Å². The van der Waals surface area contributed by atoms with Crippen LogP contribution in [-0.4, -0.2) is 41.1 Å². The van der Waals surface area contributed by atoms with Crippen LogP contribution in [-0.2, 0) is 9.59 Å². The van der Waals surface area contributed by atoms with E-state index in [0.29, 0.717) is 37.8 Å². The van der Waals surface area contributed by atoms with Gasteiger partial charge in [-0.2, -0.15) is 0 Å². The lowest BCUT2D eigenvalue weighted by Crippen LogP contribution is -2.57. The maximum atomic E-state index is 13.7. The lowest BCUT2D eigenvalue weighted by molar-refractivity contribution is -0.384. The van der Waals surface area contributed by atoms with Crippen LogP contribution in [0.5, 0.6) is 0 Å². The van der Waals surface area contributed by atoms with E-state index in [-0.39, 0.29) is 40.2 Å². The predicted octanol–water partition coefficient (Wildman–Crippen LogP) is 5.24. The van der Waals surface area contributed by atoms with Crippen LogP contribution in [0.25, 0.3) is 11.0 Å². The molecule has 11 heteroatoms. The molecule has 2 N–H and O–H groups in total. The Bertz CT molecular complexity index is 1400. The third-order valence-corrected chi connectivity index (χ3v) is 7.56. The first kappa shape index (κ1) is 25.7. The summed E-state index contributed by atoms with van der Waals surface area (Å²) < 4.78 is 5.69. The lowest BCUT2D eigenvalue weighted by atomic mass is 9.80. The number of amides is 2. The number of carbonyl (C=O) groups excluding carboxylic acids is 3. The summed E-state index contributed by atoms with van der Waals surface area (Å²) in [7, 11) is 0. The number of carbonyl (C=O) groups is 3. The van der Waals surface area contributed by atoms with Crippen molar-refractivity contribution >= 4 is 57.2 Å². The van der Waals surface area contributed by atoms with Crippen LogP contribution >= 0.6 is 11.6 Å². The predicted molar refractivity (Wildman–Crippen MR) is 143 cm³/mol. The summed E-state index contributed by atoms with van der Waals surface area (Å²) >= 11 is 6.49. The number of hydrogen-bond donors (Lipinski definition) is 2. The van der Waals surface area contributed by atoms with Crippen LogP contribution in [0.3, 0.4) is 0 Å². The normalized spacial score (nSPS) is 17.3. The van der Waals surface area contributed by atoms with E-state index in [9.17, 15) is 24.5 Å². The minimum atomic E-state index is -1.23. The second kappa shape index (κ2) is 10.4. The number of para-hydroxylation sites is 1. The van der Waals surface area contributed by atoms with E-state index in [1.165, 1.54) is 12.1 Å². The van der Waals surface area contributed by atoms with Gasteiger partial charge in [0, 0.05) is 24.4 Å². The number of nitrogens with one attached hydrogen (secondary N) is 2. The number of piperidine rings is 1. The third-order valence-electron chi connectivity index (χ3n) is 7.24. The van der Waals surface area contributed by atoms with Crippen LogP contribution in [0, 0.1) is 10.1 Å². The van der Waals surface area contributed by atoms with Crippen LogP contribution in [0.2, 0.25) is 5.02 Å².